The molecule has 2 aromatic carbocycles. The molecule has 0 saturated heterocycles. The standard InChI is InChI=1S/C25H25ClN4O6/c1-33-18-6-11-5-15(28-20(11)23(35-3)22(18)34-2)24(31)30-10-12(9-26)19-13-7-16(25(32)36-4)29-21(13)14(27)8-17(19)30/h5-8,12,28-29H,9-10,27H2,1-4H3/t12-/m0/s1. The lowest BCUT2D eigenvalue weighted by Gasteiger charge is -2.17. The lowest BCUT2D eigenvalue weighted by Crippen LogP contribution is -2.30. The van der Waals surface area contributed by atoms with Crippen LogP contribution in [0.4, 0.5) is 11.4 Å². The van der Waals surface area contributed by atoms with E-state index < -0.39 is 5.97 Å². The predicted molar refractivity (Wildman–Crippen MR) is 137 cm³/mol. The average molecular weight is 513 g/mol. The van der Waals surface area contributed by atoms with Gasteiger partial charge in [0.1, 0.15) is 11.4 Å². The van der Waals surface area contributed by atoms with E-state index in [2.05, 4.69) is 9.97 Å². The first-order valence-electron chi connectivity index (χ1n) is 11.1. The Hall–Kier alpha value is -4.05. The third-order valence-electron chi connectivity index (χ3n) is 6.55. The molecule has 0 saturated carbocycles. The Kier molecular flexibility index (Phi) is 5.83. The van der Waals surface area contributed by atoms with E-state index in [-0.39, 0.29) is 23.4 Å². The number of nitrogens with two attached hydrogens (primary N) is 1. The summed E-state index contributed by atoms with van der Waals surface area (Å²) in [6.45, 7) is 0.355. The fraction of sp³-hybridized carbons (Fsp3) is 0.280. The van der Waals surface area contributed by atoms with Crippen LogP contribution in [0.3, 0.4) is 0 Å². The minimum atomic E-state index is -0.509. The van der Waals surface area contributed by atoms with Gasteiger partial charge in [0.05, 0.1) is 50.8 Å². The third kappa shape index (κ3) is 3.40. The van der Waals surface area contributed by atoms with Gasteiger partial charge in [-0.1, -0.05) is 0 Å². The van der Waals surface area contributed by atoms with Gasteiger partial charge in [0.15, 0.2) is 11.5 Å². The Morgan fingerprint density at radius 3 is 2.36 bits per heavy atom. The number of hydrogen-bond acceptors (Lipinski definition) is 7. The number of aromatic nitrogens is 2. The molecule has 1 atom stereocenters. The van der Waals surface area contributed by atoms with E-state index in [9.17, 15) is 9.59 Å². The minimum Gasteiger partial charge on any atom is -0.493 e. The van der Waals surface area contributed by atoms with Crippen molar-refractivity contribution < 1.29 is 28.5 Å². The number of nitrogens with zero attached hydrogens (tertiary/aromatic N) is 1. The number of halogens is 1. The van der Waals surface area contributed by atoms with Gasteiger partial charge in [-0.3, -0.25) is 4.79 Å². The highest BCUT2D eigenvalue weighted by Gasteiger charge is 2.36. The molecule has 0 radical (unpaired) electrons. The largest absolute Gasteiger partial charge is 0.493 e. The Labute approximate surface area is 211 Å². The first-order valence-corrected chi connectivity index (χ1v) is 11.6. The van der Waals surface area contributed by atoms with E-state index in [0.717, 1.165) is 16.3 Å². The first-order chi connectivity index (χ1) is 17.4. The van der Waals surface area contributed by atoms with Crippen LogP contribution in [0.2, 0.25) is 0 Å². The molecule has 0 spiro atoms. The van der Waals surface area contributed by atoms with Crippen LogP contribution in [0.1, 0.15) is 32.5 Å². The number of esters is 1. The number of alkyl halides is 1. The predicted octanol–water partition coefficient (Wildman–Crippen LogP) is 4.03. The van der Waals surface area contributed by atoms with Crippen molar-refractivity contribution in [2.45, 2.75) is 5.92 Å². The highest BCUT2D eigenvalue weighted by molar-refractivity contribution is 6.19. The average Bonchev–Trinajstić information content (AvgIpc) is 3.61. The maximum Gasteiger partial charge on any atom is 0.354 e. The van der Waals surface area contributed by atoms with Gasteiger partial charge in [-0.25, -0.2) is 4.79 Å². The molecule has 5 rings (SSSR count). The Bertz CT molecular complexity index is 1520. The monoisotopic (exact) mass is 512 g/mol. The molecule has 11 heteroatoms. The first kappa shape index (κ1) is 23.7. The van der Waals surface area contributed by atoms with Crippen LogP contribution >= 0.6 is 11.6 Å². The number of rotatable bonds is 6. The number of benzene rings is 2. The van der Waals surface area contributed by atoms with Crippen LogP contribution in [0, 0.1) is 0 Å². The number of fused-ring (bicyclic) bond motifs is 4. The number of aromatic amines is 2. The maximum absolute atomic E-state index is 13.8. The zero-order chi connectivity index (χ0) is 25.7. The number of hydrogen-bond donors (Lipinski definition) is 3. The van der Waals surface area contributed by atoms with E-state index in [4.69, 9.17) is 36.3 Å². The molecular weight excluding hydrogens is 488 g/mol. The summed E-state index contributed by atoms with van der Waals surface area (Å²) in [7, 11) is 5.89. The second-order valence-corrected chi connectivity index (χ2v) is 8.73. The van der Waals surface area contributed by atoms with Gasteiger partial charge in [0, 0.05) is 29.1 Å². The van der Waals surface area contributed by atoms with Crippen LogP contribution < -0.4 is 24.8 Å². The van der Waals surface area contributed by atoms with E-state index >= 15 is 0 Å². The fourth-order valence-electron chi connectivity index (χ4n) is 4.94. The quantitative estimate of drug-likeness (QED) is 0.202. The van der Waals surface area contributed by atoms with Gasteiger partial charge in [-0.05, 0) is 29.8 Å². The molecule has 36 heavy (non-hydrogen) atoms. The number of nitrogen functional groups attached to an aromatic ring is 1. The summed E-state index contributed by atoms with van der Waals surface area (Å²) in [6.07, 6.45) is 0. The van der Waals surface area contributed by atoms with Gasteiger partial charge >= 0.3 is 5.97 Å². The Balaban J connectivity index is 1.63. The molecule has 0 bridgehead atoms. The summed E-state index contributed by atoms with van der Waals surface area (Å²) in [6, 6.07) is 6.94. The normalized spacial score (nSPS) is 14.8. The van der Waals surface area contributed by atoms with Crippen LogP contribution in [0.15, 0.2) is 24.3 Å². The zero-order valence-electron chi connectivity index (χ0n) is 20.2. The van der Waals surface area contributed by atoms with Gasteiger partial charge in [0.25, 0.3) is 5.91 Å². The molecule has 4 aromatic rings. The number of H-pyrrole nitrogens is 2. The minimum absolute atomic E-state index is 0.158. The van der Waals surface area contributed by atoms with E-state index in [1.54, 1.807) is 29.2 Å². The molecule has 1 amide bonds. The van der Waals surface area contributed by atoms with Crippen LogP contribution in [-0.2, 0) is 4.74 Å². The second kappa shape index (κ2) is 8.87. The third-order valence-corrected chi connectivity index (χ3v) is 6.93. The molecule has 4 N–H and O–H groups in total. The second-order valence-electron chi connectivity index (χ2n) is 8.42. The number of carbonyl (C=O) groups is 2. The topological polar surface area (TPSA) is 132 Å². The van der Waals surface area contributed by atoms with Crippen LogP contribution in [-0.4, -0.2) is 62.7 Å². The summed E-state index contributed by atoms with van der Waals surface area (Å²) in [5.41, 5.74) is 10.1. The molecular formula is C25H25ClN4O6. The van der Waals surface area contributed by atoms with Crippen LogP contribution in [0.25, 0.3) is 21.8 Å². The summed E-state index contributed by atoms with van der Waals surface area (Å²) in [4.78, 5) is 33.7. The SMILES string of the molecule is COC(=O)c1cc2c3c(cc(N)c2[nH]1)N(C(=O)c1cc2cc(OC)c(OC)c(OC)c2[nH]1)C[C@@H]3CCl. The number of methoxy groups -OCH3 is 4. The Morgan fingerprint density at radius 1 is 1.00 bits per heavy atom. The smallest absolute Gasteiger partial charge is 0.354 e. The molecule has 2 aromatic heterocycles. The number of anilines is 2. The molecule has 0 fully saturated rings. The molecule has 0 aliphatic carbocycles. The number of amides is 1. The van der Waals surface area contributed by atoms with E-state index in [0.29, 0.717) is 51.9 Å². The van der Waals surface area contributed by atoms with Crippen molar-refractivity contribution in [3.05, 3.63) is 41.2 Å². The van der Waals surface area contributed by atoms with Gasteiger partial charge in [0.2, 0.25) is 5.75 Å². The zero-order valence-corrected chi connectivity index (χ0v) is 20.9. The van der Waals surface area contributed by atoms with E-state index in [1.807, 2.05) is 0 Å². The van der Waals surface area contributed by atoms with Crippen molar-refractivity contribution in [1.82, 2.24) is 9.97 Å². The van der Waals surface area contributed by atoms with Crippen molar-refractivity contribution in [2.75, 3.05) is 51.5 Å². The number of carbonyl (C=O) groups excluding carboxylic acids is 2. The lowest BCUT2D eigenvalue weighted by molar-refractivity contribution is 0.0595. The summed E-state index contributed by atoms with van der Waals surface area (Å²) in [5.74, 6) is 0.689. The van der Waals surface area contributed by atoms with Gasteiger partial charge < -0.3 is 39.5 Å². The van der Waals surface area contributed by atoms with Crippen molar-refractivity contribution in [2.24, 2.45) is 0 Å². The molecule has 188 valence electrons. The van der Waals surface area contributed by atoms with Gasteiger partial charge in [-0.2, -0.15) is 0 Å². The molecule has 1 aliphatic rings. The van der Waals surface area contributed by atoms with Gasteiger partial charge in [-0.15, -0.1) is 11.6 Å². The highest BCUT2D eigenvalue weighted by atomic mass is 35.5. The van der Waals surface area contributed by atoms with Crippen molar-refractivity contribution in [3.63, 3.8) is 0 Å². The fourth-order valence-corrected chi connectivity index (χ4v) is 5.19. The van der Waals surface area contributed by atoms with Crippen molar-refractivity contribution in [1.29, 1.82) is 0 Å². The number of ether oxygens (including phenoxy) is 4. The van der Waals surface area contributed by atoms with E-state index in [1.165, 1.54) is 28.4 Å². The van der Waals surface area contributed by atoms with Crippen LogP contribution in [0.5, 0.6) is 17.2 Å². The summed E-state index contributed by atoms with van der Waals surface area (Å²) >= 11 is 6.34. The lowest BCUT2D eigenvalue weighted by atomic mass is 9.98. The number of nitrogens with one attached hydrogen (secondary N) is 2. The summed E-state index contributed by atoms with van der Waals surface area (Å²) in [5, 5.41) is 1.46. The Morgan fingerprint density at radius 2 is 1.72 bits per heavy atom. The molecule has 0 unspecified atom stereocenters. The highest BCUT2D eigenvalue weighted by Crippen LogP contribution is 2.46. The molecule has 3 heterocycles. The van der Waals surface area contributed by atoms with Crippen molar-refractivity contribution >= 4 is 56.7 Å². The molecule has 10 nitrogen and oxygen atoms in total. The molecule has 1 aliphatic heterocycles. The maximum atomic E-state index is 13.8. The summed E-state index contributed by atoms with van der Waals surface area (Å²) < 4.78 is 21.3. The van der Waals surface area contributed by atoms with Crippen molar-refractivity contribution in [3.8, 4) is 17.2 Å².